The van der Waals surface area contributed by atoms with Crippen LogP contribution in [0.1, 0.15) is 19.4 Å². The van der Waals surface area contributed by atoms with Gasteiger partial charge in [-0.2, -0.15) is 0 Å². The molecule has 4 rings (SSSR count). The molecule has 0 radical (unpaired) electrons. The van der Waals surface area contributed by atoms with Gasteiger partial charge in [0, 0.05) is 35.4 Å². The number of morpholine rings is 1. The number of halogens is 1. The van der Waals surface area contributed by atoms with Crippen molar-refractivity contribution in [1.29, 1.82) is 0 Å². The Morgan fingerprint density at radius 3 is 2.56 bits per heavy atom. The summed E-state index contributed by atoms with van der Waals surface area (Å²) in [6.07, 6.45) is 5.05. The molecule has 1 fully saturated rings. The molecular formula is C21H27ClN4O. The van der Waals surface area contributed by atoms with Crippen molar-refractivity contribution in [2.45, 2.75) is 20.3 Å². The smallest absolute Gasteiger partial charge is 0.138 e. The highest BCUT2D eigenvalue weighted by atomic mass is 35.5. The molecular weight excluding hydrogens is 360 g/mol. The Labute approximate surface area is 165 Å². The van der Waals surface area contributed by atoms with E-state index >= 15 is 0 Å². The average molecular weight is 387 g/mol. The Hall–Kier alpha value is -2.08. The molecule has 1 aliphatic rings. The second-order valence-electron chi connectivity index (χ2n) is 6.44. The van der Waals surface area contributed by atoms with Crippen LogP contribution in [0.2, 0.25) is 5.02 Å². The van der Waals surface area contributed by atoms with E-state index < -0.39 is 0 Å². The molecule has 1 aliphatic heterocycles. The van der Waals surface area contributed by atoms with Gasteiger partial charge in [-0.3, -0.25) is 4.40 Å². The number of nitrogens with zero attached hydrogens (tertiary/aromatic N) is 3. The van der Waals surface area contributed by atoms with Crippen LogP contribution in [0.15, 0.2) is 42.7 Å². The number of ether oxygens (including phenoxy) is 1. The lowest BCUT2D eigenvalue weighted by Crippen LogP contribution is -2.36. The minimum Gasteiger partial charge on any atom is -0.378 e. The molecule has 1 aromatic carbocycles. The van der Waals surface area contributed by atoms with Crippen LogP contribution in [0.4, 0.5) is 5.82 Å². The van der Waals surface area contributed by atoms with Gasteiger partial charge in [0.25, 0.3) is 0 Å². The first-order chi connectivity index (χ1) is 13.2. The maximum absolute atomic E-state index is 6.50. The van der Waals surface area contributed by atoms with Crippen molar-refractivity contribution >= 4 is 23.1 Å². The number of fused-ring (bicyclic) bond motifs is 1. The van der Waals surface area contributed by atoms with E-state index in [-0.39, 0.29) is 0 Å². The van der Waals surface area contributed by atoms with Gasteiger partial charge in [-0.25, -0.2) is 4.98 Å². The first kappa shape index (κ1) is 19.7. The number of benzene rings is 1. The molecule has 3 heterocycles. The summed E-state index contributed by atoms with van der Waals surface area (Å²) in [7, 11) is 0. The van der Waals surface area contributed by atoms with E-state index in [1.54, 1.807) is 0 Å². The molecule has 1 saturated heterocycles. The summed E-state index contributed by atoms with van der Waals surface area (Å²) >= 11 is 6.50. The highest BCUT2D eigenvalue weighted by Gasteiger charge is 2.16. The Balaban J connectivity index is 0.000000659. The van der Waals surface area contributed by atoms with Crippen molar-refractivity contribution in [3.8, 4) is 11.1 Å². The van der Waals surface area contributed by atoms with Crippen LogP contribution in [0, 0.1) is 0 Å². The lowest BCUT2D eigenvalue weighted by atomic mass is 10.0. The predicted octanol–water partition coefficient (Wildman–Crippen LogP) is 4.02. The number of imidazole rings is 1. The van der Waals surface area contributed by atoms with Crippen molar-refractivity contribution < 1.29 is 4.74 Å². The van der Waals surface area contributed by atoms with E-state index in [0.717, 1.165) is 66.9 Å². The van der Waals surface area contributed by atoms with Gasteiger partial charge in [0.2, 0.25) is 0 Å². The molecule has 6 heteroatoms. The quantitative estimate of drug-likeness (QED) is 0.738. The number of pyridine rings is 1. The van der Waals surface area contributed by atoms with Crippen molar-refractivity contribution in [2.24, 2.45) is 5.73 Å². The molecule has 2 N–H and O–H groups in total. The highest BCUT2D eigenvalue weighted by Crippen LogP contribution is 2.30. The van der Waals surface area contributed by atoms with E-state index in [1.807, 2.05) is 19.2 Å². The lowest BCUT2D eigenvalue weighted by molar-refractivity contribution is 0.122. The average Bonchev–Trinajstić information content (AvgIpc) is 3.12. The molecule has 5 nitrogen and oxygen atoms in total. The number of hydrogen-bond donors (Lipinski definition) is 1. The molecule has 0 bridgehead atoms. The molecule has 3 aromatic rings. The Bertz CT molecular complexity index is 887. The van der Waals surface area contributed by atoms with Crippen LogP contribution in [0.25, 0.3) is 16.8 Å². The van der Waals surface area contributed by atoms with Gasteiger partial charge in [0.1, 0.15) is 11.5 Å². The summed E-state index contributed by atoms with van der Waals surface area (Å²) in [4.78, 5) is 6.84. The summed E-state index contributed by atoms with van der Waals surface area (Å²) < 4.78 is 7.60. The van der Waals surface area contributed by atoms with Crippen LogP contribution in [0.5, 0.6) is 0 Å². The van der Waals surface area contributed by atoms with E-state index in [9.17, 15) is 0 Å². The van der Waals surface area contributed by atoms with Gasteiger partial charge in [-0.05, 0) is 36.7 Å². The Kier molecular flexibility index (Phi) is 6.72. The van der Waals surface area contributed by atoms with Gasteiger partial charge in [0.05, 0.1) is 19.4 Å². The summed E-state index contributed by atoms with van der Waals surface area (Å²) in [5.74, 6) is 1.11. The summed E-state index contributed by atoms with van der Waals surface area (Å²) in [6, 6.07) is 10.4. The van der Waals surface area contributed by atoms with Crippen LogP contribution < -0.4 is 10.6 Å². The van der Waals surface area contributed by atoms with Gasteiger partial charge in [-0.15, -0.1) is 0 Å². The molecule has 2 aromatic heterocycles. The van der Waals surface area contributed by atoms with E-state index in [0.29, 0.717) is 0 Å². The second kappa shape index (κ2) is 9.22. The lowest BCUT2D eigenvalue weighted by Gasteiger charge is -2.28. The van der Waals surface area contributed by atoms with E-state index in [4.69, 9.17) is 22.1 Å². The number of aryl methyl sites for hydroxylation is 1. The van der Waals surface area contributed by atoms with E-state index in [1.165, 1.54) is 5.56 Å². The molecule has 0 amide bonds. The third kappa shape index (κ3) is 4.43. The second-order valence-corrected chi connectivity index (χ2v) is 6.84. The highest BCUT2D eigenvalue weighted by molar-refractivity contribution is 6.33. The SMILES string of the molecule is CCN.CCc1ccc(-c2ccc3ncc(N4CCOCC4)n3c2)c(Cl)c1. The van der Waals surface area contributed by atoms with Crippen LogP contribution >= 0.6 is 11.6 Å². The molecule has 0 spiro atoms. The number of anilines is 1. The summed E-state index contributed by atoms with van der Waals surface area (Å²) in [6.45, 7) is 8.10. The largest absolute Gasteiger partial charge is 0.378 e. The zero-order chi connectivity index (χ0) is 19.2. The summed E-state index contributed by atoms with van der Waals surface area (Å²) in [5.41, 5.74) is 9.20. The third-order valence-corrected chi connectivity index (χ3v) is 4.89. The van der Waals surface area contributed by atoms with Gasteiger partial charge < -0.3 is 15.4 Å². The van der Waals surface area contributed by atoms with E-state index in [2.05, 4.69) is 51.7 Å². The van der Waals surface area contributed by atoms with Crippen LogP contribution in [-0.4, -0.2) is 42.2 Å². The van der Waals surface area contributed by atoms with Crippen LogP contribution in [0.3, 0.4) is 0 Å². The number of aromatic nitrogens is 2. The molecule has 27 heavy (non-hydrogen) atoms. The zero-order valence-electron chi connectivity index (χ0n) is 16.0. The topological polar surface area (TPSA) is 55.8 Å². The first-order valence-corrected chi connectivity index (χ1v) is 9.84. The first-order valence-electron chi connectivity index (χ1n) is 9.46. The van der Waals surface area contributed by atoms with Crippen molar-refractivity contribution in [1.82, 2.24) is 9.38 Å². The van der Waals surface area contributed by atoms with Gasteiger partial charge in [0.15, 0.2) is 0 Å². The fraction of sp³-hybridized carbons (Fsp3) is 0.381. The third-order valence-electron chi connectivity index (χ3n) is 4.57. The maximum Gasteiger partial charge on any atom is 0.138 e. The van der Waals surface area contributed by atoms with Gasteiger partial charge >= 0.3 is 0 Å². The number of hydrogen-bond acceptors (Lipinski definition) is 4. The van der Waals surface area contributed by atoms with Crippen LogP contribution in [-0.2, 0) is 11.2 Å². The fourth-order valence-electron chi connectivity index (χ4n) is 3.17. The Morgan fingerprint density at radius 2 is 1.89 bits per heavy atom. The molecule has 0 unspecified atom stereocenters. The monoisotopic (exact) mass is 386 g/mol. The Morgan fingerprint density at radius 1 is 1.15 bits per heavy atom. The minimum atomic E-state index is 0.750. The van der Waals surface area contributed by atoms with Crippen molar-refractivity contribution in [3.05, 3.63) is 53.3 Å². The minimum absolute atomic E-state index is 0.750. The standard InChI is InChI=1S/C19H20ClN3O.C2H7N/c1-2-14-3-5-16(17(20)11-14)15-4-6-18-21-12-19(23(18)13-15)22-7-9-24-10-8-22;1-2-3/h3-6,11-13H,2,7-10H2,1H3;2-3H2,1H3. The molecule has 0 atom stereocenters. The van der Waals surface area contributed by atoms with Gasteiger partial charge in [-0.1, -0.05) is 37.6 Å². The number of rotatable bonds is 3. The van der Waals surface area contributed by atoms with Crippen molar-refractivity contribution in [2.75, 3.05) is 37.7 Å². The predicted molar refractivity (Wildman–Crippen MR) is 113 cm³/mol. The fourth-order valence-corrected chi connectivity index (χ4v) is 3.48. The normalized spacial score (nSPS) is 14.1. The summed E-state index contributed by atoms with van der Waals surface area (Å²) in [5, 5.41) is 0.793. The zero-order valence-corrected chi connectivity index (χ0v) is 16.7. The molecule has 144 valence electrons. The molecule has 0 aliphatic carbocycles. The van der Waals surface area contributed by atoms with Crippen molar-refractivity contribution in [3.63, 3.8) is 0 Å². The maximum atomic E-state index is 6.50. The molecule has 0 saturated carbocycles. The number of nitrogens with two attached hydrogens (primary N) is 1.